The van der Waals surface area contributed by atoms with E-state index in [0.717, 1.165) is 22.8 Å². The van der Waals surface area contributed by atoms with Gasteiger partial charge in [0.25, 0.3) is 0 Å². The van der Waals surface area contributed by atoms with E-state index in [1.54, 1.807) is 22.9 Å². The van der Waals surface area contributed by atoms with Gasteiger partial charge in [0.2, 0.25) is 5.82 Å². The molecule has 6 aromatic rings. The second-order valence-corrected chi connectivity index (χ2v) is 9.91. The Kier molecular flexibility index (Phi) is 7.26. The number of nitro benzene ring substituents is 1. The average Bonchev–Trinajstić information content (AvgIpc) is 3.39. The Morgan fingerprint density at radius 3 is 1.81 bits per heavy atom. The zero-order valence-electron chi connectivity index (χ0n) is 23.0. The third-order valence-corrected chi connectivity index (χ3v) is 7.48. The number of halogens is 2. The van der Waals surface area contributed by atoms with Crippen LogP contribution in [-0.2, 0) is 5.54 Å². The summed E-state index contributed by atoms with van der Waals surface area (Å²) < 4.78 is 36.6. The molecule has 0 saturated heterocycles. The largest absolute Gasteiger partial charge is 0.494 e. The fourth-order valence-electron chi connectivity index (χ4n) is 5.53. The second-order valence-electron chi connectivity index (χ2n) is 9.91. The standard InChI is InChI=1S/C35H25F2N3O3/c1-43-34-20-18-24(21-30(34)37)17-19-31-28-22-33(40(41)42)29(36)23-32(28)39(38-31)35(25-11-5-2-6-12-25,26-13-7-3-8-14-26)27-15-9-4-10-16-27/h2-23H,1H3. The van der Waals surface area contributed by atoms with Crippen molar-refractivity contribution in [2.75, 3.05) is 7.11 Å². The molecule has 0 aliphatic heterocycles. The SMILES string of the molecule is COc1ccc(C=Cc2nn(C(c3ccccc3)(c3ccccc3)c3ccccc3)c3cc(F)c([N+](=O)[O-])cc23)cc1F. The molecule has 0 amide bonds. The number of methoxy groups -OCH3 is 1. The Morgan fingerprint density at radius 1 is 0.767 bits per heavy atom. The molecule has 0 N–H and O–H groups in total. The number of hydrogen-bond donors (Lipinski definition) is 0. The smallest absolute Gasteiger partial charge is 0.305 e. The van der Waals surface area contributed by atoms with E-state index >= 15 is 4.39 Å². The molecular weight excluding hydrogens is 548 g/mol. The van der Waals surface area contributed by atoms with E-state index in [4.69, 9.17) is 9.84 Å². The number of ether oxygens (including phenoxy) is 1. The van der Waals surface area contributed by atoms with Crippen molar-refractivity contribution < 1.29 is 18.4 Å². The van der Waals surface area contributed by atoms with Crippen LogP contribution in [0.2, 0.25) is 0 Å². The number of aromatic nitrogens is 2. The van der Waals surface area contributed by atoms with Gasteiger partial charge in [-0.2, -0.15) is 9.49 Å². The van der Waals surface area contributed by atoms with Gasteiger partial charge in [0.05, 0.1) is 23.2 Å². The van der Waals surface area contributed by atoms with E-state index in [2.05, 4.69) is 0 Å². The van der Waals surface area contributed by atoms with Gasteiger partial charge in [-0.15, -0.1) is 0 Å². The van der Waals surface area contributed by atoms with Crippen molar-refractivity contribution in [2.45, 2.75) is 5.54 Å². The van der Waals surface area contributed by atoms with Crippen molar-refractivity contribution in [1.29, 1.82) is 0 Å². The quantitative estimate of drug-likeness (QED) is 0.104. The Hall–Kier alpha value is -5.63. The maximum atomic E-state index is 15.4. The van der Waals surface area contributed by atoms with E-state index in [-0.39, 0.29) is 5.75 Å². The van der Waals surface area contributed by atoms with Crippen LogP contribution in [0.4, 0.5) is 14.5 Å². The van der Waals surface area contributed by atoms with Crippen LogP contribution in [0, 0.1) is 21.7 Å². The zero-order chi connectivity index (χ0) is 30.0. The van der Waals surface area contributed by atoms with Gasteiger partial charge in [0, 0.05) is 17.5 Å². The molecule has 0 radical (unpaired) electrons. The molecule has 0 aliphatic carbocycles. The molecule has 1 heterocycles. The van der Waals surface area contributed by atoms with Crippen molar-refractivity contribution in [3.63, 3.8) is 0 Å². The molecule has 212 valence electrons. The predicted octanol–water partition coefficient (Wildman–Crippen LogP) is 8.24. The van der Waals surface area contributed by atoms with Gasteiger partial charge in [0.15, 0.2) is 11.6 Å². The first-order chi connectivity index (χ1) is 20.9. The van der Waals surface area contributed by atoms with E-state index < -0.39 is 27.8 Å². The number of rotatable bonds is 8. The molecule has 6 nitrogen and oxygen atoms in total. The minimum absolute atomic E-state index is 0.108. The van der Waals surface area contributed by atoms with Gasteiger partial charge in [-0.3, -0.25) is 10.1 Å². The summed E-state index contributed by atoms with van der Waals surface area (Å²) in [5.41, 5.74) is 2.01. The lowest BCUT2D eigenvalue weighted by Crippen LogP contribution is -2.38. The summed E-state index contributed by atoms with van der Waals surface area (Å²) in [5.74, 6) is -1.40. The van der Waals surface area contributed by atoms with Crippen LogP contribution in [0.5, 0.6) is 5.75 Å². The Morgan fingerprint density at radius 2 is 1.33 bits per heavy atom. The topological polar surface area (TPSA) is 70.2 Å². The maximum Gasteiger partial charge on any atom is 0.305 e. The normalized spacial score (nSPS) is 11.7. The highest BCUT2D eigenvalue weighted by atomic mass is 19.1. The lowest BCUT2D eigenvalue weighted by molar-refractivity contribution is -0.387. The van der Waals surface area contributed by atoms with E-state index in [9.17, 15) is 14.5 Å². The molecule has 0 fully saturated rings. The molecule has 5 aromatic carbocycles. The third kappa shape index (κ3) is 4.82. The van der Waals surface area contributed by atoms with Gasteiger partial charge in [-0.05, 0) is 40.5 Å². The summed E-state index contributed by atoms with van der Waals surface area (Å²) >= 11 is 0. The van der Waals surface area contributed by atoms with Crippen LogP contribution >= 0.6 is 0 Å². The predicted molar refractivity (Wildman–Crippen MR) is 163 cm³/mol. The highest BCUT2D eigenvalue weighted by Crippen LogP contribution is 2.43. The zero-order valence-corrected chi connectivity index (χ0v) is 23.0. The molecule has 43 heavy (non-hydrogen) atoms. The van der Waals surface area contributed by atoms with Gasteiger partial charge >= 0.3 is 5.69 Å². The summed E-state index contributed by atoms with van der Waals surface area (Å²) in [6.45, 7) is 0. The van der Waals surface area contributed by atoms with Gasteiger partial charge < -0.3 is 4.74 Å². The van der Waals surface area contributed by atoms with Gasteiger partial charge in [0.1, 0.15) is 5.54 Å². The summed E-state index contributed by atoms with van der Waals surface area (Å²) in [5, 5.41) is 17.2. The summed E-state index contributed by atoms with van der Waals surface area (Å²) in [6.07, 6.45) is 3.30. The first-order valence-corrected chi connectivity index (χ1v) is 13.5. The van der Waals surface area contributed by atoms with Gasteiger partial charge in [-0.1, -0.05) is 103 Å². The lowest BCUT2D eigenvalue weighted by atomic mass is 9.77. The van der Waals surface area contributed by atoms with Crippen molar-refractivity contribution in [1.82, 2.24) is 9.78 Å². The fraction of sp³-hybridized carbons (Fsp3) is 0.0571. The molecule has 0 unspecified atom stereocenters. The molecule has 0 atom stereocenters. The molecule has 1 aromatic heterocycles. The van der Waals surface area contributed by atoms with E-state index in [0.29, 0.717) is 22.2 Å². The van der Waals surface area contributed by atoms with Crippen LogP contribution in [0.1, 0.15) is 27.9 Å². The Bertz CT molecular complexity index is 1860. The number of fused-ring (bicyclic) bond motifs is 1. The maximum absolute atomic E-state index is 15.4. The van der Waals surface area contributed by atoms with E-state index in [1.807, 2.05) is 91.0 Å². The molecule has 0 saturated carbocycles. The molecule has 8 heteroatoms. The number of benzene rings is 5. The highest BCUT2D eigenvalue weighted by molar-refractivity contribution is 5.92. The van der Waals surface area contributed by atoms with Crippen molar-refractivity contribution in [3.8, 4) is 5.75 Å². The van der Waals surface area contributed by atoms with Crippen molar-refractivity contribution >= 4 is 28.7 Å². The number of nitrogens with zero attached hydrogens (tertiary/aromatic N) is 3. The van der Waals surface area contributed by atoms with Crippen LogP contribution < -0.4 is 4.74 Å². The Balaban J connectivity index is 1.70. The first-order valence-electron chi connectivity index (χ1n) is 13.5. The monoisotopic (exact) mass is 573 g/mol. The number of hydrogen-bond acceptors (Lipinski definition) is 4. The lowest BCUT2D eigenvalue weighted by Gasteiger charge is -2.37. The van der Waals surface area contributed by atoms with Crippen molar-refractivity contribution in [3.05, 3.63) is 171 Å². The molecule has 0 bridgehead atoms. The first kappa shape index (κ1) is 27.5. The third-order valence-electron chi connectivity index (χ3n) is 7.48. The fourth-order valence-corrected chi connectivity index (χ4v) is 5.53. The number of nitro groups is 1. The summed E-state index contributed by atoms with van der Waals surface area (Å²) in [4.78, 5) is 11.0. The van der Waals surface area contributed by atoms with Crippen LogP contribution in [0.15, 0.2) is 121 Å². The summed E-state index contributed by atoms with van der Waals surface area (Å²) in [6, 6.07) is 36.0. The summed E-state index contributed by atoms with van der Waals surface area (Å²) in [7, 11) is 1.39. The highest BCUT2D eigenvalue weighted by Gasteiger charge is 2.41. The second kappa shape index (κ2) is 11.3. The minimum Gasteiger partial charge on any atom is -0.494 e. The molecule has 0 spiro atoms. The molecule has 6 rings (SSSR count). The van der Waals surface area contributed by atoms with Gasteiger partial charge in [-0.25, -0.2) is 9.07 Å². The Labute approximate surface area is 246 Å². The van der Waals surface area contributed by atoms with Crippen LogP contribution in [-0.4, -0.2) is 21.8 Å². The van der Waals surface area contributed by atoms with Crippen LogP contribution in [0.3, 0.4) is 0 Å². The minimum atomic E-state index is -1.09. The van der Waals surface area contributed by atoms with E-state index in [1.165, 1.54) is 25.3 Å². The molecule has 0 aliphatic rings. The average molecular weight is 574 g/mol. The van der Waals surface area contributed by atoms with Crippen molar-refractivity contribution in [2.24, 2.45) is 0 Å². The molecular formula is C35H25F2N3O3. The van der Waals surface area contributed by atoms with Crippen LogP contribution in [0.25, 0.3) is 23.1 Å².